The molecule has 1 heteroatoms. The van der Waals surface area contributed by atoms with Crippen LogP contribution in [0, 0.1) is 6.92 Å². The van der Waals surface area contributed by atoms with Crippen molar-refractivity contribution in [3.05, 3.63) is 72.3 Å². The molecule has 1 aromatic heterocycles. The zero-order valence-corrected chi connectivity index (χ0v) is 13.1. The molecule has 0 saturated heterocycles. The predicted octanol–water partition coefficient (Wildman–Crippen LogP) is 6.67. The van der Waals surface area contributed by atoms with Crippen molar-refractivity contribution in [1.29, 1.82) is 0 Å². The maximum absolute atomic E-state index is 2.29. The Morgan fingerprint density at radius 2 is 1.36 bits per heavy atom. The van der Waals surface area contributed by atoms with Gasteiger partial charge in [0.1, 0.15) is 0 Å². The second kappa shape index (κ2) is 4.31. The van der Waals surface area contributed by atoms with E-state index in [1.807, 2.05) is 11.3 Å². The van der Waals surface area contributed by atoms with E-state index in [-0.39, 0.29) is 0 Å². The highest BCUT2D eigenvalue weighted by Gasteiger charge is 2.09. The van der Waals surface area contributed by atoms with Crippen LogP contribution in [-0.2, 0) is 0 Å². The van der Waals surface area contributed by atoms with Gasteiger partial charge < -0.3 is 0 Å². The number of aryl methyl sites for hydroxylation is 1. The summed E-state index contributed by atoms with van der Waals surface area (Å²) in [5.74, 6) is 0. The van der Waals surface area contributed by atoms with Crippen LogP contribution >= 0.6 is 11.3 Å². The number of fused-ring (bicyclic) bond motifs is 7. The van der Waals surface area contributed by atoms with Gasteiger partial charge in [0.15, 0.2) is 0 Å². The Bertz CT molecular complexity index is 1180. The van der Waals surface area contributed by atoms with Crippen LogP contribution in [-0.4, -0.2) is 0 Å². The molecule has 4 aromatic carbocycles. The Morgan fingerprint density at radius 1 is 0.636 bits per heavy atom. The molecule has 0 aliphatic rings. The Labute approximate surface area is 132 Å². The van der Waals surface area contributed by atoms with Crippen LogP contribution < -0.4 is 0 Å². The largest absolute Gasteiger partial charge is 0.135 e. The molecule has 1 heterocycles. The fourth-order valence-electron chi connectivity index (χ4n) is 3.45. The summed E-state index contributed by atoms with van der Waals surface area (Å²) in [5, 5.41) is 8.15. The molecule has 0 N–H and O–H groups in total. The van der Waals surface area contributed by atoms with E-state index >= 15 is 0 Å². The van der Waals surface area contributed by atoms with Gasteiger partial charge >= 0.3 is 0 Å². The smallest absolute Gasteiger partial charge is 0.0434 e. The van der Waals surface area contributed by atoms with Gasteiger partial charge in [0.05, 0.1) is 0 Å². The third kappa shape index (κ3) is 1.57. The molecule has 0 amide bonds. The summed E-state index contributed by atoms with van der Waals surface area (Å²) in [6, 6.07) is 24.5. The highest BCUT2D eigenvalue weighted by atomic mass is 32.1. The first-order valence-corrected chi connectivity index (χ1v) is 8.36. The van der Waals surface area contributed by atoms with Gasteiger partial charge in [-0.15, -0.1) is 11.3 Å². The van der Waals surface area contributed by atoms with Gasteiger partial charge in [-0.1, -0.05) is 66.2 Å². The highest BCUT2D eigenvalue weighted by molar-refractivity contribution is 7.26. The van der Waals surface area contributed by atoms with Crippen molar-refractivity contribution in [2.24, 2.45) is 0 Å². The maximum atomic E-state index is 2.29. The van der Waals surface area contributed by atoms with Gasteiger partial charge in [-0.2, -0.15) is 0 Å². The molecule has 5 rings (SSSR count). The molecule has 104 valence electrons. The second-order valence-corrected chi connectivity index (χ2v) is 6.98. The average Bonchev–Trinajstić information content (AvgIpc) is 2.93. The minimum atomic E-state index is 1.31. The summed E-state index contributed by atoms with van der Waals surface area (Å²) in [5.41, 5.74) is 1.31. The lowest BCUT2D eigenvalue weighted by Gasteiger charge is -2.06. The van der Waals surface area contributed by atoms with E-state index in [1.165, 1.54) is 47.3 Å². The van der Waals surface area contributed by atoms with E-state index < -0.39 is 0 Å². The molecule has 5 aromatic rings. The van der Waals surface area contributed by atoms with Crippen LogP contribution in [0.4, 0.5) is 0 Å². The minimum absolute atomic E-state index is 1.31. The molecule has 0 unspecified atom stereocenters. The number of thiophene rings is 1. The normalized spacial score (nSPS) is 11.9. The molecule has 0 nitrogen and oxygen atoms in total. The molecule has 0 saturated carbocycles. The van der Waals surface area contributed by atoms with Gasteiger partial charge in [-0.05, 0) is 29.1 Å². The number of hydrogen-bond donors (Lipinski definition) is 0. The number of rotatable bonds is 0. The minimum Gasteiger partial charge on any atom is -0.135 e. The van der Waals surface area contributed by atoms with Gasteiger partial charge in [0, 0.05) is 25.6 Å². The van der Waals surface area contributed by atoms with Gasteiger partial charge in [0.2, 0.25) is 0 Å². The average molecular weight is 298 g/mol. The van der Waals surface area contributed by atoms with Crippen molar-refractivity contribution in [3.63, 3.8) is 0 Å². The van der Waals surface area contributed by atoms with E-state index in [9.17, 15) is 0 Å². The van der Waals surface area contributed by atoms with Crippen LogP contribution in [0.5, 0.6) is 0 Å². The second-order valence-electron chi connectivity index (χ2n) is 5.93. The standard InChI is InChI=1S/C21H14S/c1-13-6-8-15-14(12-13)7-9-18-16(15)10-11-19-17-4-2-3-5-20(17)22-21(18)19/h2-12H,1H3. The molecule has 22 heavy (non-hydrogen) atoms. The Balaban J connectivity index is 2.02. The zero-order chi connectivity index (χ0) is 14.7. The van der Waals surface area contributed by atoms with Gasteiger partial charge in [0.25, 0.3) is 0 Å². The summed E-state index contributed by atoms with van der Waals surface area (Å²) in [7, 11) is 0. The molecule has 0 aliphatic carbocycles. The molecule has 0 radical (unpaired) electrons. The zero-order valence-electron chi connectivity index (χ0n) is 12.3. The summed E-state index contributed by atoms with van der Waals surface area (Å²) in [6.07, 6.45) is 0. The van der Waals surface area contributed by atoms with Crippen molar-refractivity contribution < 1.29 is 0 Å². The SMILES string of the molecule is Cc1ccc2c(ccc3c2ccc2c4ccccc4sc23)c1. The summed E-state index contributed by atoms with van der Waals surface area (Å²) in [6.45, 7) is 2.15. The van der Waals surface area contributed by atoms with Crippen LogP contribution in [0.1, 0.15) is 5.56 Å². The fraction of sp³-hybridized carbons (Fsp3) is 0.0476. The maximum Gasteiger partial charge on any atom is 0.0434 e. The van der Waals surface area contributed by atoms with Crippen molar-refractivity contribution in [2.45, 2.75) is 6.92 Å². The first-order valence-electron chi connectivity index (χ1n) is 7.54. The lowest BCUT2D eigenvalue weighted by Crippen LogP contribution is -1.79. The predicted molar refractivity (Wildman–Crippen MR) is 99.1 cm³/mol. The molecular formula is C21H14S. The quantitative estimate of drug-likeness (QED) is 0.280. The first-order chi connectivity index (χ1) is 10.8. The molecule has 0 bridgehead atoms. The van der Waals surface area contributed by atoms with Crippen molar-refractivity contribution >= 4 is 53.1 Å². The highest BCUT2D eigenvalue weighted by Crippen LogP contribution is 2.40. The van der Waals surface area contributed by atoms with E-state index in [0.29, 0.717) is 0 Å². The number of benzene rings is 4. The van der Waals surface area contributed by atoms with E-state index in [1.54, 1.807) is 0 Å². The topological polar surface area (TPSA) is 0 Å². The summed E-state index contributed by atoms with van der Waals surface area (Å²) in [4.78, 5) is 0. The third-order valence-electron chi connectivity index (χ3n) is 4.51. The van der Waals surface area contributed by atoms with E-state index in [4.69, 9.17) is 0 Å². The van der Waals surface area contributed by atoms with Gasteiger partial charge in [-0.25, -0.2) is 0 Å². The van der Waals surface area contributed by atoms with E-state index in [0.717, 1.165) is 0 Å². The molecule has 0 spiro atoms. The Hall–Kier alpha value is -2.38. The Morgan fingerprint density at radius 3 is 2.32 bits per heavy atom. The lowest BCUT2D eigenvalue weighted by molar-refractivity contribution is 1.51. The summed E-state index contributed by atoms with van der Waals surface area (Å²) < 4.78 is 2.77. The van der Waals surface area contributed by atoms with Crippen LogP contribution in [0.25, 0.3) is 41.7 Å². The number of hydrogen-bond acceptors (Lipinski definition) is 1. The molecular weight excluding hydrogens is 284 g/mol. The van der Waals surface area contributed by atoms with Crippen molar-refractivity contribution in [2.75, 3.05) is 0 Å². The van der Waals surface area contributed by atoms with Crippen LogP contribution in [0.3, 0.4) is 0 Å². The molecule has 0 atom stereocenters. The monoisotopic (exact) mass is 298 g/mol. The Kier molecular flexibility index (Phi) is 2.39. The lowest BCUT2D eigenvalue weighted by atomic mass is 9.99. The van der Waals surface area contributed by atoms with Crippen LogP contribution in [0.2, 0.25) is 0 Å². The van der Waals surface area contributed by atoms with Crippen molar-refractivity contribution in [3.8, 4) is 0 Å². The third-order valence-corrected chi connectivity index (χ3v) is 5.73. The fourth-order valence-corrected chi connectivity index (χ4v) is 4.68. The molecule has 0 fully saturated rings. The van der Waals surface area contributed by atoms with E-state index in [2.05, 4.69) is 73.7 Å². The summed E-state index contributed by atoms with van der Waals surface area (Å²) >= 11 is 1.90. The first kappa shape index (κ1) is 12.2. The van der Waals surface area contributed by atoms with Gasteiger partial charge in [-0.3, -0.25) is 0 Å². The van der Waals surface area contributed by atoms with Crippen LogP contribution in [0.15, 0.2) is 66.7 Å². The van der Waals surface area contributed by atoms with Crippen molar-refractivity contribution in [1.82, 2.24) is 0 Å². The molecule has 0 aliphatic heterocycles.